The van der Waals surface area contributed by atoms with Gasteiger partial charge < -0.3 is 28.8 Å². The number of hydrogen-bond donors (Lipinski definition) is 1. The van der Waals surface area contributed by atoms with Crippen LogP contribution < -0.4 is 0 Å². The summed E-state index contributed by atoms with van der Waals surface area (Å²) in [5.41, 5.74) is 0.817. The van der Waals surface area contributed by atoms with E-state index in [1.807, 2.05) is 44.2 Å². The van der Waals surface area contributed by atoms with Crippen LogP contribution in [0.15, 0.2) is 30.3 Å². The van der Waals surface area contributed by atoms with E-state index in [9.17, 15) is 9.90 Å². The van der Waals surface area contributed by atoms with Gasteiger partial charge in [0.05, 0.1) is 12.6 Å². The van der Waals surface area contributed by atoms with Crippen LogP contribution in [0.25, 0.3) is 0 Å². The van der Waals surface area contributed by atoms with Crippen molar-refractivity contribution in [2.24, 2.45) is 5.92 Å². The predicted octanol–water partition coefficient (Wildman–Crippen LogP) is 2.07. The summed E-state index contributed by atoms with van der Waals surface area (Å²) in [5.74, 6) is -5.34. The zero-order chi connectivity index (χ0) is 22.2. The molecule has 9 nitrogen and oxygen atoms in total. The highest BCUT2D eigenvalue weighted by Gasteiger charge is 2.74. The summed E-state index contributed by atoms with van der Waals surface area (Å²) in [6.45, 7) is 7.56. The van der Waals surface area contributed by atoms with E-state index in [0.29, 0.717) is 6.61 Å². The fourth-order valence-corrected chi connectivity index (χ4v) is 5.30. The molecule has 1 aromatic carbocycles. The molecule has 4 aliphatic heterocycles. The van der Waals surface area contributed by atoms with E-state index < -0.39 is 59.7 Å². The highest BCUT2D eigenvalue weighted by atomic mass is 16.9. The van der Waals surface area contributed by atoms with Gasteiger partial charge in [-0.1, -0.05) is 30.3 Å². The maximum absolute atomic E-state index is 12.6. The van der Waals surface area contributed by atoms with E-state index in [4.69, 9.17) is 28.5 Å². The van der Waals surface area contributed by atoms with E-state index >= 15 is 0 Å². The maximum Gasteiger partial charge on any atom is 0.314 e. The summed E-state index contributed by atoms with van der Waals surface area (Å²) in [6, 6.07) is 8.84. The number of carboxylic acids is 1. The number of aliphatic carboxylic acids is 1. The molecule has 1 N–H and O–H groups in total. The minimum atomic E-state index is -1.57. The Kier molecular flexibility index (Phi) is 4.77. The largest absolute Gasteiger partial charge is 0.481 e. The number of hydroxylamine groups is 2. The molecule has 0 radical (unpaired) electrons. The van der Waals surface area contributed by atoms with Crippen LogP contribution in [-0.4, -0.2) is 71.6 Å². The number of rotatable bonds is 3. The standard InChI is InChI=1S/C22H29NO8/c1-20(2)26-11-13(27-20)16-17-18(30-21(3,4)28-17)22(29-16)14(19(24)25)15(23(5)31-22)12-9-7-6-8-10-12/h6-10,13-18H,11H2,1-5H3,(H,24,25)/t13-,14-,15+,16-,17-,18-,22+/m1/s1. The van der Waals surface area contributed by atoms with Gasteiger partial charge in [0.2, 0.25) is 5.79 Å². The molecule has 170 valence electrons. The van der Waals surface area contributed by atoms with Crippen molar-refractivity contribution in [1.29, 1.82) is 0 Å². The first-order valence-corrected chi connectivity index (χ1v) is 10.6. The van der Waals surface area contributed by atoms with E-state index in [2.05, 4.69) is 0 Å². The SMILES string of the molecule is CN1O[C@@]2(O[C@H]([C@H]3COC(C)(C)O3)[C@H]3OC(C)(C)O[C@H]32)[C@@H](C(=O)O)[C@@H]1c1ccccc1. The number of hydrogen-bond acceptors (Lipinski definition) is 8. The molecular formula is C22H29NO8. The molecule has 0 aromatic heterocycles. The van der Waals surface area contributed by atoms with Crippen molar-refractivity contribution < 1.29 is 38.4 Å². The highest BCUT2D eigenvalue weighted by Crippen LogP contribution is 2.57. The van der Waals surface area contributed by atoms with Crippen LogP contribution in [-0.2, 0) is 33.3 Å². The van der Waals surface area contributed by atoms with Crippen LogP contribution in [0.2, 0.25) is 0 Å². The zero-order valence-electron chi connectivity index (χ0n) is 18.3. The van der Waals surface area contributed by atoms with E-state index in [1.165, 1.54) is 0 Å². The lowest BCUT2D eigenvalue weighted by atomic mass is 9.84. The Morgan fingerprint density at radius 1 is 1.00 bits per heavy atom. The fourth-order valence-electron chi connectivity index (χ4n) is 5.30. The van der Waals surface area contributed by atoms with Crippen LogP contribution in [0.4, 0.5) is 0 Å². The minimum absolute atomic E-state index is 0.302. The molecule has 1 aromatic rings. The van der Waals surface area contributed by atoms with Crippen molar-refractivity contribution in [2.45, 2.75) is 75.5 Å². The van der Waals surface area contributed by atoms with Crippen LogP contribution in [0.3, 0.4) is 0 Å². The van der Waals surface area contributed by atoms with Gasteiger partial charge >= 0.3 is 5.97 Å². The second-order valence-corrected chi connectivity index (χ2v) is 9.50. The zero-order valence-corrected chi connectivity index (χ0v) is 18.3. The molecule has 4 heterocycles. The second kappa shape index (κ2) is 6.95. The third kappa shape index (κ3) is 3.31. The van der Waals surface area contributed by atoms with Gasteiger partial charge in [0.25, 0.3) is 0 Å². The molecule has 0 aliphatic carbocycles. The Bertz CT molecular complexity index is 860. The minimum Gasteiger partial charge on any atom is -0.481 e. The summed E-state index contributed by atoms with van der Waals surface area (Å²) in [4.78, 5) is 18.9. The molecule has 5 rings (SSSR count). The van der Waals surface area contributed by atoms with Crippen molar-refractivity contribution in [1.82, 2.24) is 5.06 Å². The Morgan fingerprint density at radius 3 is 2.32 bits per heavy atom. The van der Waals surface area contributed by atoms with E-state index in [0.717, 1.165) is 5.56 Å². The Hall–Kier alpha value is -1.59. The Labute approximate surface area is 181 Å². The number of benzene rings is 1. The normalized spacial score (nSPS) is 43.5. The average molecular weight is 435 g/mol. The Morgan fingerprint density at radius 2 is 1.71 bits per heavy atom. The first-order valence-electron chi connectivity index (χ1n) is 10.6. The first-order chi connectivity index (χ1) is 14.5. The third-order valence-electron chi connectivity index (χ3n) is 6.40. The van der Waals surface area contributed by atoms with Crippen molar-refractivity contribution in [3.8, 4) is 0 Å². The average Bonchev–Trinajstić information content (AvgIpc) is 3.37. The maximum atomic E-state index is 12.6. The molecule has 4 fully saturated rings. The fraction of sp³-hybridized carbons (Fsp3) is 0.682. The molecule has 0 saturated carbocycles. The summed E-state index contributed by atoms with van der Waals surface area (Å²) in [5, 5.41) is 11.9. The van der Waals surface area contributed by atoms with E-state index in [-0.39, 0.29) is 0 Å². The van der Waals surface area contributed by atoms with Crippen molar-refractivity contribution in [3.63, 3.8) is 0 Å². The number of carbonyl (C=O) groups is 1. The molecule has 0 bridgehead atoms. The van der Waals surface area contributed by atoms with Crippen LogP contribution >= 0.6 is 0 Å². The molecule has 4 aliphatic rings. The molecule has 1 spiro atoms. The first kappa shape index (κ1) is 21.3. The van der Waals surface area contributed by atoms with Crippen molar-refractivity contribution in [2.75, 3.05) is 13.7 Å². The molecule has 0 unspecified atom stereocenters. The highest BCUT2D eigenvalue weighted by molar-refractivity contribution is 5.73. The smallest absolute Gasteiger partial charge is 0.314 e. The van der Waals surface area contributed by atoms with Crippen LogP contribution in [0, 0.1) is 5.92 Å². The van der Waals surface area contributed by atoms with E-state index in [1.54, 1.807) is 26.0 Å². The molecule has 0 amide bonds. The predicted molar refractivity (Wildman–Crippen MR) is 105 cm³/mol. The van der Waals surface area contributed by atoms with Gasteiger partial charge in [0, 0.05) is 7.05 Å². The summed E-state index contributed by atoms with van der Waals surface area (Å²) >= 11 is 0. The van der Waals surface area contributed by atoms with Gasteiger partial charge in [-0.2, -0.15) is 5.06 Å². The van der Waals surface area contributed by atoms with Crippen molar-refractivity contribution in [3.05, 3.63) is 35.9 Å². The molecule has 9 heteroatoms. The monoisotopic (exact) mass is 435 g/mol. The molecule has 4 saturated heterocycles. The molecule has 31 heavy (non-hydrogen) atoms. The van der Waals surface area contributed by atoms with Gasteiger partial charge in [-0.25, -0.2) is 0 Å². The van der Waals surface area contributed by atoms with Gasteiger partial charge in [-0.15, -0.1) is 0 Å². The van der Waals surface area contributed by atoms with Crippen molar-refractivity contribution >= 4 is 5.97 Å². The number of carboxylic acid groups (broad SMARTS) is 1. The van der Waals surface area contributed by atoms with Gasteiger partial charge in [-0.05, 0) is 33.3 Å². The lowest BCUT2D eigenvalue weighted by molar-refractivity contribution is -0.343. The summed E-state index contributed by atoms with van der Waals surface area (Å²) in [7, 11) is 1.72. The van der Waals surface area contributed by atoms with Gasteiger partial charge in [0.15, 0.2) is 11.6 Å². The van der Waals surface area contributed by atoms with Crippen LogP contribution in [0.1, 0.15) is 39.3 Å². The second-order valence-electron chi connectivity index (χ2n) is 9.50. The third-order valence-corrected chi connectivity index (χ3v) is 6.40. The number of fused-ring (bicyclic) bond motifs is 2. The van der Waals surface area contributed by atoms with Crippen LogP contribution in [0.5, 0.6) is 0 Å². The van der Waals surface area contributed by atoms with Gasteiger partial charge in [0.1, 0.15) is 30.3 Å². The lowest BCUT2D eigenvalue weighted by Crippen LogP contribution is -2.51. The Balaban J connectivity index is 1.56. The topological polar surface area (TPSA) is 95.9 Å². The van der Waals surface area contributed by atoms with Gasteiger partial charge in [-0.3, -0.25) is 9.63 Å². The molecular weight excluding hydrogens is 406 g/mol. The quantitative estimate of drug-likeness (QED) is 0.765. The summed E-state index contributed by atoms with van der Waals surface area (Å²) < 4.78 is 30.6. The summed E-state index contributed by atoms with van der Waals surface area (Å²) in [6.07, 6.45) is -2.38. The lowest BCUT2D eigenvalue weighted by Gasteiger charge is -2.33. The molecule has 7 atom stereocenters. The number of nitrogens with zero attached hydrogens (tertiary/aromatic N) is 1. The number of ether oxygens (including phenoxy) is 5.